The van der Waals surface area contributed by atoms with Gasteiger partial charge < -0.3 is 49.5 Å². The van der Waals surface area contributed by atoms with Gasteiger partial charge in [0.25, 0.3) is 0 Å². The van der Waals surface area contributed by atoms with E-state index in [1.807, 2.05) is 68.0 Å². The maximum atomic E-state index is 13.8. The first-order chi connectivity index (χ1) is 30.4. The zero-order valence-electron chi connectivity index (χ0n) is 37.0. The van der Waals surface area contributed by atoms with Crippen LogP contribution in [0.5, 0.6) is 5.88 Å². The number of methoxy groups -OCH3 is 3. The standard InChI is InChI=1S/C46H58N10O7/c1-25(2)39(52-45(59)62-6)43(57)54-20-8-10-36(54)41-48-30-15-12-27(22-32(30)50-41)34-17-18-35(56(34)29-14-19-38(61-5)47-24-29)28-13-16-31-33(23-28)51-42(49-31)37-11-9-21-55(37)44(58)40(26(3)4)53-46(60)63-7/h12-16,19,22-26,34-37,39-40H,8-11,17-18,20-21H2,1-7H3,(H,48,50)(H,49,51)(H,52,59)(H,53,60)/t34-,35?,36?,37+,39?,40+/m1/s1. The number of anilines is 1. The minimum Gasteiger partial charge on any atom is -0.481 e. The summed E-state index contributed by atoms with van der Waals surface area (Å²) in [7, 11) is 4.19. The summed E-state index contributed by atoms with van der Waals surface area (Å²) >= 11 is 0. The number of hydrogen-bond donors (Lipinski definition) is 4. The average molecular weight is 863 g/mol. The summed E-state index contributed by atoms with van der Waals surface area (Å²) in [5.74, 6) is 1.43. The first kappa shape index (κ1) is 43.3. The number of aromatic amines is 2. The number of carbonyl (C=O) groups excluding carboxylic acids is 4. The fourth-order valence-corrected chi connectivity index (χ4v) is 9.68. The number of pyridine rings is 1. The van der Waals surface area contributed by atoms with E-state index in [9.17, 15) is 19.2 Å². The molecule has 4 N–H and O–H groups in total. The largest absolute Gasteiger partial charge is 0.481 e. The van der Waals surface area contributed by atoms with Gasteiger partial charge in [-0.1, -0.05) is 39.8 Å². The number of imidazole rings is 2. The summed E-state index contributed by atoms with van der Waals surface area (Å²) < 4.78 is 15.1. The lowest BCUT2D eigenvalue weighted by Crippen LogP contribution is -2.51. The summed E-state index contributed by atoms with van der Waals surface area (Å²) in [5.41, 5.74) is 6.60. The van der Waals surface area contributed by atoms with Gasteiger partial charge in [-0.05, 0) is 91.8 Å². The van der Waals surface area contributed by atoms with Crippen molar-refractivity contribution in [2.24, 2.45) is 11.8 Å². The third-order valence-corrected chi connectivity index (χ3v) is 12.9. The molecule has 3 aliphatic rings. The van der Waals surface area contributed by atoms with Gasteiger partial charge >= 0.3 is 12.2 Å². The topological polar surface area (TPSA) is 200 Å². The molecule has 3 aromatic heterocycles. The van der Waals surface area contributed by atoms with E-state index < -0.39 is 24.3 Å². The van der Waals surface area contributed by atoms with Crippen LogP contribution in [0, 0.1) is 11.8 Å². The van der Waals surface area contributed by atoms with E-state index in [1.165, 1.54) is 14.2 Å². The number of alkyl carbamates (subject to hydrolysis) is 2. The second-order valence-corrected chi connectivity index (χ2v) is 17.5. The summed E-state index contributed by atoms with van der Waals surface area (Å²) in [4.78, 5) is 79.7. The predicted molar refractivity (Wildman–Crippen MR) is 236 cm³/mol. The Balaban J connectivity index is 1.07. The number of likely N-dealkylation sites (tertiary alicyclic amines) is 2. The number of carbonyl (C=O) groups is 4. The van der Waals surface area contributed by atoms with Crippen molar-refractivity contribution in [3.05, 3.63) is 77.5 Å². The van der Waals surface area contributed by atoms with Crippen LogP contribution in [0.25, 0.3) is 22.1 Å². The van der Waals surface area contributed by atoms with Crippen molar-refractivity contribution in [2.75, 3.05) is 39.3 Å². The maximum Gasteiger partial charge on any atom is 0.407 e. The summed E-state index contributed by atoms with van der Waals surface area (Å²) in [6, 6.07) is 14.7. The Morgan fingerprint density at radius 2 is 1.13 bits per heavy atom. The molecule has 334 valence electrons. The third-order valence-electron chi connectivity index (χ3n) is 12.9. The Kier molecular flexibility index (Phi) is 12.5. The molecule has 3 unspecified atom stereocenters. The zero-order valence-corrected chi connectivity index (χ0v) is 37.0. The smallest absolute Gasteiger partial charge is 0.407 e. The van der Waals surface area contributed by atoms with Crippen LogP contribution in [0.3, 0.4) is 0 Å². The van der Waals surface area contributed by atoms with Crippen LogP contribution >= 0.6 is 0 Å². The summed E-state index contributed by atoms with van der Waals surface area (Å²) in [6.07, 6.45) is 5.53. The lowest BCUT2D eigenvalue weighted by molar-refractivity contribution is -0.136. The predicted octanol–water partition coefficient (Wildman–Crippen LogP) is 7.01. The number of nitrogens with one attached hydrogen (secondary N) is 4. The molecule has 6 atom stereocenters. The van der Waals surface area contributed by atoms with Crippen LogP contribution in [-0.4, -0.2) is 105 Å². The molecule has 8 rings (SSSR count). The number of hydrogen-bond acceptors (Lipinski definition) is 11. The second kappa shape index (κ2) is 18.1. The number of nitrogens with zero attached hydrogens (tertiary/aromatic N) is 6. The first-order valence-electron chi connectivity index (χ1n) is 22.0. The zero-order chi connectivity index (χ0) is 44.5. The van der Waals surface area contributed by atoms with E-state index in [-0.39, 0.29) is 47.8 Å². The average Bonchev–Trinajstić information content (AvgIpc) is 4.14. The fourth-order valence-electron chi connectivity index (χ4n) is 9.68. The molecular weight excluding hydrogens is 805 g/mol. The minimum atomic E-state index is -0.715. The quantitative estimate of drug-likeness (QED) is 0.101. The van der Waals surface area contributed by atoms with Crippen molar-refractivity contribution >= 4 is 51.8 Å². The molecule has 2 aromatic carbocycles. The monoisotopic (exact) mass is 862 g/mol. The second-order valence-electron chi connectivity index (χ2n) is 17.5. The van der Waals surface area contributed by atoms with Gasteiger partial charge in [0.2, 0.25) is 17.7 Å². The van der Waals surface area contributed by atoms with Crippen LogP contribution in [0.2, 0.25) is 0 Å². The molecule has 0 radical (unpaired) electrons. The Morgan fingerprint density at radius 3 is 1.52 bits per heavy atom. The van der Waals surface area contributed by atoms with Gasteiger partial charge in [-0.15, -0.1) is 0 Å². The highest BCUT2D eigenvalue weighted by Gasteiger charge is 2.40. The van der Waals surface area contributed by atoms with Crippen LogP contribution < -0.4 is 20.3 Å². The molecule has 63 heavy (non-hydrogen) atoms. The fraction of sp³-hybridized carbons (Fsp3) is 0.500. The molecule has 0 aliphatic carbocycles. The third kappa shape index (κ3) is 8.56. The molecule has 17 heteroatoms. The Labute approximate surface area is 366 Å². The molecule has 3 saturated heterocycles. The molecule has 3 fully saturated rings. The molecule has 4 amide bonds. The van der Waals surface area contributed by atoms with Crippen LogP contribution in [0.4, 0.5) is 15.3 Å². The molecule has 0 bridgehead atoms. The number of ether oxygens (including phenoxy) is 3. The number of aromatic nitrogens is 5. The number of rotatable bonds is 12. The van der Waals surface area contributed by atoms with E-state index in [0.717, 1.165) is 89.1 Å². The van der Waals surface area contributed by atoms with Crippen molar-refractivity contribution in [3.8, 4) is 5.88 Å². The van der Waals surface area contributed by atoms with Crippen molar-refractivity contribution in [1.82, 2.24) is 45.4 Å². The SMILES string of the molecule is COC(=O)NC(C(=O)N1CCCC1c1nc2ccc([C@H]3CCC(c4ccc5nc([C@@H]6CCCN6C(=O)[C@@H](NC(=O)OC)C(C)C)[nH]c5c4)N3c3ccc(OC)nc3)cc2[nH]1)C(C)C. The van der Waals surface area contributed by atoms with E-state index >= 15 is 0 Å². The van der Waals surface area contributed by atoms with Crippen molar-refractivity contribution in [1.29, 1.82) is 0 Å². The molecule has 3 aliphatic heterocycles. The van der Waals surface area contributed by atoms with E-state index in [0.29, 0.717) is 19.0 Å². The molecule has 6 heterocycles. The molecular formula is C46H58N10O7. The number of H-pyrrole nitrogens is 2. The summed E-state index contributed by atoms with van der Waals surface area (Å²) in [6.45, 7) is 8.78. The van der Waals surface area contributed by atoms with Crippen molar-refractivity contribution < 1.29 is 33.4 Å². The lowest BCUT2D eigenvalue weighted by atomic mass is 10.0. The Hall–Kier alpha value is -6.39. The van der Waals surface area contributed by atoms with Crippen LogP contribution in [0.15, 0.2) is 54.7 Å². The molecule has 0 saturated carbocycles. The highest BCUT2D eigenvalue weighted by Crippen LogP contribution is 2.48. The van der Waals surface area contributed by atoms with E-state index in [4.69, 9.17) is 24.2 Å². The normalized spacial score (nSPS) is 21.1. The van der Waals surface area contributed by atoms with Gasteiger partial charge in [-0.25, -0.2) is 24.5 Å². The Bertz CT molecular complexity index is 2320. The molecule has 5 aromatic rings. The number of fused-ring (bicyclic) bond motifs is 2. The lowest BCUT2D eigenvalue weighted by Gasteiger charge is -2.33. The van der Waals surface area contributed by atoms with Crippen molar-refractivity contribution in [3.63, 3.8) is 0 Å². The highest BCUT2D eigenvalue weighted by molar-refractivity contribution is 5.87. The van der Waals surface area contributed by atoms with Crippen LogP contribution in [-0.2, 0) is 19.1 Å². The number of amides is 4. The Morgan fingerprint density at radius 1 is 0.651 bits per heavy atom. The van der Waals surface area contributed by atoms with Gasteiger partial charge in [0.15, 0.2) is 0 Å². The summed E-state index contributed by atoms with van der Waals surface area (Å²) in [5, 5.41) is 5.46. The number of benzene rings is 2. The van der Waals surface area contributed by atoms with Gasteiger partial charge in [0, 0.05) is 19.2 Å². The van der Waals surface area contributed by atoms with E-state index in [1.54, 1.807) is 7.11 Å². The maximum absolute atomic E-state index is 13.8. The van der Waals surface area contributed by atoms with Gasteiger partial charge in [0.05, 0.1) is 79.4 Å². The molecule has 17 nitrogen and oxygen atoms in total. The van der Waals surface area contributed by atoms with Gasteiger partial charge in [-0.2, -0.15) is 0 Å². The van der Waals surface area contributed by atoms with Gasteiger partial charge in [0.1, 0.15) is 23.7 Å². The van der Waals surface area contributed by atoms with E-state index in [2.05, 4.69) is 54.8 Å². The minimum absolute atomic E-state index is 0.000634. The first-order valence-corrected chi connectivity index (χ1v) is 22.0. The van der Waals surface area contributed by atoms with Gasteiger partial charge in [-0.3, -0.25) is 9.59 Å². The van der Waals surface area contributed by atoms with Crippen LogP contribution in [0.1, 0.15) is 113 Å². The highest BCUT2D eigenvalue weighted by atomic mass is 16.5. The molecule has 0 spiro atoms. The van der Waals surface area contributed by atoms with Crippen molar-refractivity contribution in [2.45, 2.75) is 102 Å².